The molecule has 0 spiro atoms. The molecule has 0 bridgehead atoms. The van der Waals surface area contributed by atoms with Crippen molar-refractivity contribution in [1.82, 2.24) is 4.90 Å². The zero-order valence-electron chi connectivity index (χ0n) is 14.9. The average molecular weight is 351 g/mol. The Balaban J connectivity index is 1.65. The standard InChI is InChI=1S/C21H22FN3O/c1-15-5-4-12-24(13-15)14-25-19-7-3-2-6-18(19)20(21(25)26)23-17-10-8-16(22)9-11-17/h2-3,6-11,15H,4-5,12-14H2,1H3/t15-/m0/s1. The number of nitrogens with zero attached hydrogens (tertiary/aromatic N) is 3. The third-order valence-corrected chi connectivity index (χ3v) is 5.05. The Morgan fingerprint density at radius 2 is 1.92 bits per heavy atom. The average Bonchev–Trinajstić information content (AvgIpc) is 2.90. The number of fused-ring (bicyclic) bond motifs is 1. The first kappa shape index (κ1) is 16.9. The molecule has 26 heavy (non-hydrogen) atoms. The Labute approximate surface area is 153 Å². The minimum Gasteiger partial charge on any atom is -0.293 e. The van der Waals surface area contributed by atoms with E-state index in [9.17, 15) is 9.18 Å². The van der Waals surface area contributed by atoms with Crippen molar-refractivity contribution in [3.63, 3.8) is 0 Å². The summed E-state index contributed by atoms with van der Waals surface area (Å²) in [6, 6.07) is 13.6. The molecule has 0 unspecified atom stereocenters. The molecule has 0 N–H and O–H groups in total. The van der Waals surface area contributed by atoms with Crippen LogP contribution < -0.4 is 4.90 Å². The zero-order chi connectivity index (χ0) is 18.1. The highest BCUT2D eigenvalue weighted by Crippen LogP contribution is 2.31. The largest absolute Gasteiger partial charge is 0.293 e. The highest BCUT2D eigenvalue weighted by molar-refractivity contribution is 6.54. The lowest BCUT2D eigenvalue weighted by atomic mass is 10.0. The second kappa shape index (κ2) is 7.00. The van der Waals surface area contributed by atoms with Crippen LogP contribution in [0.2, 0.25) is 0 Å². The maximum Gasteiger partial charge on any atom is 0.278 e. The van der Waals surface area contributed by atoms with Crippen LogP contribution in [0.1, 0.15) is 25.3 Å². The van der Waals surface area contributed by atoms with E-state index in [2.05, 4.69) is 16.8 Å². The van der Waals surface area contributed by atoms with Gasteiger partial charge >= 0.3 is 0 Å². The number of hydrogen-bond donors (Lipinski definition) is 0. The lowest BCUT2D eigenvalue weighted by molar-refractivity contribution is -0.112. The molecule has 1 saturated heterocycles. The number of rotatable bonds is 3. The van der Waals surface area contributed by atoms with E-state index < -0.39 is 0 Å². The van der Waals surface area contributed by atoms with Crippen LogP contribution in [0.4, 0.5) is 15.8 Å². The minimum absolute atomic E-state index is 0.0891. The van der Waals surface area contributed by atoms with Gasteiger partial charge in [0, 0.05) is 12.1 Å². The summed E-state index contributed by atoms with van der Waals surface area (Å²) in [6.45, 7) is 4.87. The molecular formula is C21H22FN3O. The van der Waals surface area contributed by atoms with Crippen LogP contribution >= 0.6 is 0 Å². The normalized spacial score (nSPS) is 22.1. The lowest BCUT2D eigenvalue weighted by Crippen LogP contribution is -2.45. The minimum atomic E-state index is -0.312. The molecule has 1 amide bonds. The molecule has 0 aromatic heterocycles. The van der Waals surface area contributed by atoms with Gasteiger partial charge in [-0.15, -0.1) is 0 Å². The van der Waals surface area contributed by atoms with Crippen molar-refractivity contribution in [3.05, 3.63) is 59.9 Å². The van der Waals surface area contributed by atoms with Crippen molar-refractivity contribution in [1.29, 1.82) is 0 Å². The Bertz CT molecular complexity index is 847. The number of anilines is 1. The predicted octanol–water partition coefficient (Wildman–Crippen LogP) is 3.98. The monoisotopic (exact) mass is 351 g/mol. The highest BCUT2D eigenvalue weighted by atomic mass is 19.1. The third kappa shape index (κ3) is 3.27. The van der Waals surface area contributed by atoms with E-state index in [1.807, 2.05) is 29.2 Å². The molecule has 0 aliphatic carbocycles. The summed E-state index contributed by atoms with van der Waals surface area (Å²) in [5.41, 5.74) is 2.75. The van der Waals surface area contributed by atoms with Crippen molar-refractivity contribution in [3.8, 4) is 0 Å². The van der Waals surface area contributed by atoms with Crippen molar-refractivity contribution in [2.24, 2.45) is 10.9 Å². The van der Waals surface area contributed by atoms with Gasteiger partial charge in [-0.2, -0.15) is 0 Å². The lowest BCUT2D eigenvalue weighted by Gasteiger charge is -2.33. The predicted molar refractivity (Wildman–Crippen MR) is 101 cm³/mol. The van der Waals surface area contributed by atoms with Gasteiger partial charge in [0.2, 0.25) is 0 Å². The molecule has 4 rings (SSSR count). The van der Waals surface area contributed by atoms with E-state index >= 15 is 0 Å². The van der Waals surface area contributed by atoms with Crippen molar-refractivity contribution in [2.45, 2.75) is 19.8 Å². The molecule has 2 heterocycles. The van der Waals surface area contributed by atoms with Crippen LogP contribution in [0.3, 0.4) is 0 Å². The Kier molecular flexibility index (Phi) is 4.55. The summed E-state index contributed by atoms with van der Waals surface area (Å²) in [6.07, 6.45) is 2.42. The molecule has 5 heteroatoms. The van der Waals surface area contributed by atoms with Crippen LogP contribution in [-0.2, 0) is 4.79 Å². The summed E-state index contributed by atoms with van der Waals surface area (Å²) in [4.78, 5) is 21.8. The number of halogens is 1. The Hall–Kier alpha value is -2.53. The van der Waals surface area contributed by atoms with Gasteiger partial charge in [0.1, 0.15) is 11.5 Å². The van der Waals surface area contributed by atoms with Gasteiger partial charge in [-0.1, -0.05) is 25.1 Å². The molecule has 134 valence electrons. The second-order valence-corrected chi connectivity index (χ2v) is 7.15. The van der Waals surface area contributed by atoms with Crippen molar-refractivity contribution >= 4 is 23.0 Å². The Morgan fingerprint density at radius 1 is 1.15 bits per heavy atom. The van der Waals surface area contributed by atoms with E-state index in [0.717, 1.165) is 24.3 Å². The third-order valence-electron chi connectivity index (χ3n) is 5.05. The van der Waals surface area contributed by atoms with Gasteiger partial charge in [0.15, 0.2) is 0 Å². The number of benzene rings is 2. The molecule has 1 fully saturated rings. The van der Waals surface area contributed by atoms with Gasteiger partial charge in [0.05, 0.1) is 18.0 Å². The van der Waals surface area contributed by atoms with Crippen LogP contribution in [-0.4, -0.2) is 36.3 Å². The van der Waals surface area contributed by atoms with Crippen LogP contribution in [0.25, 0.3) is 0 Å². The molecule has 2 aliphatic rings. The Morgan fingerprint density at radius 3 is 2.69 bits per heavy atom. The first-order valence-corrected chi connectivity index (χ1v) is 9.10. The number of piperidine rings is 1. The molecule has 2 aliphatic heterocycles. The summed E-state index contributed by atoms with van der Waals surface area (Å²) in [5.74, 6) is 0.255. The van der Waals surface area contributed by atoms with E-state index in [1.165, 1.54) is 25.0 Å². The van der Waals surface area contributed by atoms with Gasteiger partial charge in [-0.25, -0.2) is 9.38 Å². The number of likely N-dealkylation sites (tertiary alicyclic amines) is 1. The fourth-order valence-corrected chi connectivity index (χ4v) is 3.77. The molecule has 2 aromatic rings. The second-order valence-electron chi connectivity index (χ2n) is 7.15. The first-order valence-electron chi connectivity index (χ1n) is 9.10. The number of hydrogen-bond acceptors (Lipinski definition) is 3. The number of aliphatic imine (C=N–C) groups is 1. The fraction of sp³-hybridized carbons (Fsp3) is 0.333. The number of carbonyl (C=O) groups is 1. The molecule has 1 atom stereocenters. The summed E-state index contributed by atoms with van der Waals surface area (Å²) in [5, 5.41) is 0. The van der Waals surface area contributed by atoms with E-state index in [-0.39, 0.29) is 11.7 Å². The molecule has 0 radical (unpaired) electrons. The maximum atomic E-state index is 13.1. The van der Waals surface area contributed by atoms with Crippen molar-refractivity contribution in [2.75, 3.05) is 24.7 Å². The smallest absolute Gasteiger partial charge is 0.278 e. The van der Waals surface area contributed by atoms with Gasteiger partial charge in [0.25, 0.3) is 5.91 Å². The quantitative estimate of drug-likeness (QED) is 0.838. The first-order chi connectivity index (χ1) is 12.6. The van der Waals surface area contributed by atoms with Gasteiger partial charge in [-0.05, 0) is 55.6 Å². The molecule has 2 aromatic carbocycles. The van der Waals surface area contributed by atoms with Gasteiger partial charge in [-0.3, -0.25) is 14.6 Å². The highest BCUT2D eigenvalue weighted by Gasteiger charge is 2.35. The summed E-state index contributed by atoms with van der Waals surface area (Å²) < 4.78 is 13.1. The van der Waals surface area contributed by atoms with E-state index in [0.29, 0.717) is 24.0 Å². The van der Waals surface area contributed by atoms with Gasteiger partial charge < -0.3 is 0 Å². The van der Waals surface area contributed by atoms with E-state index in [4.69, 9.17) is 0 Å². The molecule has 4 nitrogen and oxygen atoms in total. The number of para-hydroxylation sites is 1. The van der Waals surface area contributed by atoms with Crippen molar-refractivity contribution < 1.29 is 9.18 Å². The number of carbonyl (C=O) groups excluding carboxylic acids is 1. The maximum absolute atomic E-state index is 13.1. The molecular weight excluding hydrogens is 329 g/mol. The topological polar surface area (TPSA) is 35.9 Å². The SMILES string of the molecule is C[C@H]1CCCN(CN2C(=O)C(=Nc3ccc(F)cc3)c3ccccc32)C1. The number of amides is 1. The van der Waals surface area contributed by atoms with Crippen LogP contribution in [0.15, 0.2) is 53.5 Å². The van der Waals surface area contributed by atoms with Crippen LogP contribution in [0.5, 0.6) is 0 Å². The molecule has 0 saturated carbocycles. The zero-order valence-corrected chi connectivity index (χ0v) is 14.9. The van der Waals surface area contributed by atoms with E-state index in [1.54, 1.807) is 12.1 Å². The van der Waals surface area contributed by atoms with Crippen LogP contribution in [0, 0.1) is 11.7 Å². The summed E-state index contributed by atoms with van der Waals surface area (Å²) in [7, 11) is 0. The summed E-state index contributed by atoms with van der Waals surface area (Å²) >= 11 is 0. The fourth-order valence-electron chi connectivity index (χ4n) is 3.77.